The number of aromatic amines is 2. The van der Waals surface area contributed by atoms with Gasteiger partial charge in [0.05, 0.1) is 10.8 Å². The van der Waals surface area contributed by atoms with Crippen molar-refractivity contribution in [2.24, 2.45) is 0 Å². The molecule has 27 heavy (non-hydrogen) atoms. The zero-order valence-corrected chi connectivity index (χ0v) is 15.6. The molecule has 0 saturated heterocycles. The van der Waals surface area contributed by atoms with Crippen molar-refractivity contribution < 1.29 is 55.9 Å². The Hall–Kier alpha value is -2.64. The number of halogens is 2. The van der Waals surface area contributed by atoms with Crippen molar-refractivity contribution in [3.8, 4) is 11.5 Å². The number of benzene rings is 2. The van der Waals surface area contributed by atoms with Gasteiger partial charge in [0, 0.05) is 12.1 Å². The van der Waals surface area contributed by atoms with Gasteiger partial charge in [0.15, 0.2) is 22.9 Å². The van der Waals surface area contributed by atoms with Crippen LogP contribution in [0.3, 0.4) is 0 Å². The lowest BCUT2D eigenvalue weighted by molar-refractivity contribution is -0.375. The molecule has 0 aliphatic heterocycles. The second-order valence-corrected chi connectivity index (χ2v) is 5.63. The van der Waals surface area contributed by atoms with Crippen molar-refractivity contribution in [1.29, 1.82) is 0 Å². The van der Waals surface area contributed by atoms with E-state index >= 15 is 0 Å². The van der Waals surface area contributed by atoms with Gasteiger partial charge in [-0.05, 0) is 36.4 Å². The van der Waals surface area contributed by atoms with E-state index in [1.165, 1.54) is 0 Å². The number of pyridine rings is 2. The zero-order chi connectivity index (χ0) is 15.8. The fourth-order valence-electron chi connectivity index (χ4n) is 2.86. The molecule has 0 aliphatic carbocycles. The third-order valence-corrected chi connectivity index (χ3v) is 4.03. The molecule has 0 saturated carbocycles. The lowest BCUT2D eigenvalue weighted by atomic mass is 10.1. The highest BCUT2D eigenvalue weighted by molar-refractivity contribution is 5.81. The minimum Gasteiger partial charge on any atom is -1.00 e. The predicted molar refractivity (Wildman–Crippen MR) is 94.4 cm³/mol. The van der Waals surface area contributed by atoms with Crippen LogP contribution in [-0.4, -0.2) is 21.2 Å². The molecule has 2 aromatic carbocycles. The number of aromatic hydroxyl groups is 2. The standard InChI is InChI=1S/C19H14N2O2.2ClH.2H2O/c22-16-5-1-3-12-7-9-14(20-18(12)16)11-15-10-8-13-4-2-6-17(23)19(13)21-15;;;;/h1-10,22-23H,11H2;2*1H;2*1H2. The topological polar surface area (TPSA) is 132 Å². The van der Waals surface area contributed by atoms with E-state index in [0.717, 1.165) is 33.2 Å². The summed E-state index contributed by atoms with van der Waals surface area (Å²) in [6.07, 6.45) is 0.647. The van der Waals surface area contributed by atoms with Crippen LogP contribution in [0.1, 0.15) is 11.4 Å². The van der Waals surface area contributed by atoms with Crippen molar-refractivity contribution in [3.05, 3.63) is 72.1 Å². The highest BCUT2D eigenvalue weighted by atomic mass is 35.5. The number of aromatic nitrogens is 2. The summed E-state index contributed by atoms with van der Waals surface area (Å²) in [5, 5.41) is 21.9. The van der Waals surface area contributed by atoms with Gasteiger partial charge < -0.3 is 46.0 Å². The molecular formula is C19H20Cl2N2O4. The van der Waals surface area contributed by atoms with Crippen molar-refractivity contribution in [2.75, 3.05) is 0 Å². The fraction of sp³-hybridized carbons (Fsp3) is 0.0526. The Morgan fingerprint density at radius 1 is 0.593 bits per heavy atom. The van der Waals surface area contributed by atoms with Crippen LogP contribution >= 0.6 is 0 Å². The average Bonchev–Trinajstić information content (AvgIpc) is 2.56. The first-order valence-corrected chi connectivity index (χ1v) is 7.46. The first kappa shape index (κ1) is 24.4. The Morgan fingerprint density at radius 3 is 1.41 bits per heavy atom. The second-order valence-electron chi connectivity index (χ2n) is 5.63. The van der Waals surface area contributed by atoms with Crippen LogP contribution < -0.4 is 34.8 Å². The fourth-order valence-corrected chi connectivity index (χ4v) is 2.86. The molecule has 144 valence electrons. The normalized spacial score (nSPS) is 9.48. The van der Waals surface area contributed by atoms with Crippen LogP contribution in [0.5, 0.6) is 11.5 Å². The van der Waals surface area contributed by atoms with Gasteiger partial charge in [-0.3, -0.25) is 0 Å². The van der Waals surface area contributed by atoms with Gasteiger partial charge in [-0.1, -0.05) is 12.1 Å². The minimum absolute atomic E-state index is 0. The number of para-hydroxylation sites is 2. The Morgan fingerprint density at radius 2 is 1.00 bits per heavy atom. The summed E-state index contributed by atoms with van der Waals surface area (Å²) in [7, 11) is 0. The smallest absolute Gasteiger partial charge is 0.253 e. The van der Waals surface area contributed by atoms with Gasteiger partial charge in [0.2, 0.25) is 0 Å². The maximum Gasteiger partial charge on any atom is 0.253 e. The van der Waals surface area contributed by atoms with Crippen LogP contribution in [0, 0.1) is 0 Å². The van der Waals surface area contributed by atoms with Gasteiger partial charge in [-0.2, -0.15) is 0 Å². The summed E-state index contributed by atoms with van der Waals surface area (Å²) < 4.78 is 0. The summed E-state index contributed by atoms with van der Waals surface area (Å²) >= 11 is 0. The minimum atomic E-state index is 0. The predicted octanol–water partition coefficient (Wildman–Crippen LogP) is -5.02. The molecule has 4 rings (SSSR count). The number of nitrogens with one attached hydrogen (secondary N) is 2. The molecule has 8 N–H and O–H groups in total. The Labute approximate surface area is 168 Å². The van der Waals surface area contributed by atoms with Gasteiger partial charge in [-0.15, -0.1) is 0 Å². The molecule has 2 heterocycles. The molecule has 0 spiro atoms. The number of hydrogen-bond acceptors (Lipinski definition) is 2. The van der Waals surface area contributed by atoms with Crippen LogP contribution in [0.2, 0.25) is 0 Å². The molecule has 4 aromatic rings. The van der Waals surface area contributed by atoms with Gasteiger partial charge in [0.25, 0.3) is 11.0 Å². The van der Waals surface area contributed by atoms with Crippen molar-refractivity contribution in [3.63, 3.8) is 0 Å². The SMILES string of the molecule is O.O.Oc1cccc2ccc(Cc3ccc4cccc(O)c4[nH+]3)[nH+]c12.[Cl-].[Cl-]. The molecule has 0 atom stereocenters. The van der Waals surface area contributed by atoms with Gasteiger partial charge in [0.1, 0.15) is 6.42 Å². The van der Waals surface area contributed by atoms with Crippen LogP contribution in [0.4, 0.5) is 0 Å². The molecule has 0 fully saturated rings. The summed E-state index contributed by atoms with van der Waals surface area (Å²) in [4.78, 5) is 6.55. The van der Waals surface area contributed by atoms with Crippen molar-refractivity contribution >= 4 is 21.8 Å². The Kier molecular flexibility index (Phi) is 8.93. The van der Waals surface area contributed by atoms with E-state index in [1.54, 1.807) is 12.1 Å². The molecule has 0 aliphatic rings. The van der Waals surface area contributed by atoms with Crippen LogP contribution in [0.15, 0.2) is 60.7 Å². The van der Waals surface area contributed by atoms with E-state index in [4.69, 9.17) is 0 Å². The van der Waals surface area contributed by atoms with E-state index in [-0.39, 0.29) is 47.3 Å². The molecule has 6 nitrogen and oxygen atoms in total. The number of fused-ring (bicyclic) bond motifs is 2. The molecule has 0 radical (unpaired) electrons. The molecule has 0 unspecified atom stereocenters. The van der Waals surface area contributed by atoms with E-state index in [9.17, 15) is 10.2 Å². The summed E-state index contributed by atoms with van der Waals surface area (Å²) in [5.74, 6) is 0.481. The third kappa shape index (κ3) is 4.75. The lowest BCUT2D eigenvalue weighted by Gasteiger charge is -1.99. The highest BCUT2D eigenvalue weighted by Gasteiger charge is 2.15. The summed E-state index contributed by atoms with van der Waals surface area (Å²) in [6, 6.07) is 18.9. The molecule has 8 heteroatoms. The first-order valence-electron chi connectivity index (χ1n) is 7.46. The summed E-state index contributed by atoms with van der Waals surface area (Å²) in [6.45, 7) is 0. The maximum absolute atomic E-state index is 9.97. The Bertz CT molecular complexity index is 961. The average molecular weight is 411 g/mol. The maximum atomic E-state index is 9.97. The number of phenols is 2. The van der Waals surface area contributed by atoms with E-state index in [0.29, 0.717) is 6.42 Å². The Balaban J connectivity index is 0.00000169. The van der Waals surface area contributed by atoms with E-state index in [2.05, 4.69) is 9.97 Å². The van der Waals surface area contributed by atoms with Crippen LogP contribution in [-0.2, 0) is 6.42 Å². The van der Waals surface area contributed by atoms with Gasteiger partial charge in [-0.25, -0.2) is 9.97 Å². The second kappa shape index (κ2) is 9.89. The number of phenolic OH excluding ortho intramolecular Hbond substituents is 2. The number of hydrogen-bond donors (Lipinski definition) is 2. The molecular weight excluding hydrogens is 391 g/mol. The zero-order valence-electron chi connectivity index (χ0n) is 14.1. The van der Waals surface area contributed by atoms with Crippen molar-refractivity contribution in [1.82, 2.24) is 0 Å². The van der Waals surface area contributed by atoms with Gasteiger partial charge >= 0.3 is 0 Å². The first-order chi connectivity index (χ1) is 11.2. The monoisotopic (exact) mass is 410 g/mol. The van der Waals surface area contributed by atoms with E-state index < -0.39 is 0 Å². The largest absolute Gasteiger partial charge is 1.00 e. The molecule has 0 amide bonds. The van der Waals surface area contributed by atoms with Crippen molar-refractivity contribution in [2.45, 2.75) is 6.42 Å². The third-order valence-electron chi connectivity index (χ3n) is 4.03. The molecule has 2 aromatic heterocycles. The summed E-state index contributed by atoms with van der Waals surface area (Å²) in [5.41, 5.74) is 3.41. The van der Waals surface area contributed by atoms with E-state index in [1.807, 2.05) is 48.5 Å². The van der Waals surface area contributed by atoms with Crippen LogP contribution in [0.25, 0.3) is 21.8 Å². The number of rotatable bonds is 2. The quantitative estimate of drug-likeness (QED) is 0.342. The number of H-pyrrole nitrogens is 2. The molecule has 0 bridgehead atoms. The lowest BCUT2D eigenvalue weighted by Crippen LogP contribution is -3.00. The highest BCUT2D eigenvalue weighted by Crippen LogP contribution is 2.21.